The molecule has 1 atom stereocenters. The number of aromatic nitrogens is 1. The van der Waals surface area contributed by atoms with Crippen molar-refractivity contribution >= 4 is 21.4 Å². The van der Waals surface area contributed by atoms with Crippen molar-refractivity contribution in [3.8, 4) is 78.1 Å². The van der Waals surface area contributed by atoms with Gasteiger partial charge in [-0.2, -0.15) is 0 Å². The summed E-state index contributed by atoms with van der Waals surface area (Å²) in [5, 5.41) is 1.35. The molecule has 0 saturated heterocycles. The van der Waals surface area contributed by atoms with Crippen LogP contribution < -0.4 is 0 Å². The second-order valence-electron chi connectivity index (χ2n) is 15.4. The smallest absolute Gasteiger partial charge is 0.0819 e. The molecule has 270 valence electrons. The zero-order chi connectivity index (χ0) is 38.2. The van der Waals surface area contributed by atoms with Gasteiger partial charge in [-0.15, -0.1) is 11.3 Å². The van der Waals surface area contributed by atoms with Crippen molar-refractivity contribution in [3.05, 3.63) is 234 Å². The number of nitrogens with zero attached hydrogens (tertiary/aromatic N) is 1. The standard InChI is InChI=1S/C56H35NS/c1-3-13-36(14-4-1)38-23-27-40(28-24-38)51-34-43(37-15-5-2-6-16-37)35-52(57-51)41-29-25-39(26-30-41)42-31-32-45-44-17-7-10-20-48(44)56(50(45)33-42)49-21-11-8-18-46(49)54-47-19-9-12-22-53(47)58-55(54)56/h1-35H. The van der Waals surface area contributed by atoms with Gasteiger partial charge in [-0.05, 0) is 91.0 Å². The predicted molar refractivity (Wildman–Crippen MR) is 243 cm³/mol. The highest BCUT2D eigenvalue weighted by Gasteiger charge is 2.53. The van der Waals surface area contributed by atoms with Gasteiger partial charge in [0.2, 0.25) is 0 Å². The van der Waals surface area contributed by atoms with Crippen LogP contribution in [0.15, 0.2) is 212 Å². The number of pyridine rings is 1. The van der Waals surface area contributed by atoms with Gasteiger partial charge < -0.3 is 0 Å². The molecule has 0 bridgehead atoms. The Labute approximate surface area is 342 Å². The number of fused-ring (bicyclic) bond motifs is 12. The molecule has 0 amide bonds. The fraction of sp³-hybridized carbons (Fsp3) is 0.0179. The normalized spacial score (nSPS) is 14.6. The molecule has 12 rings (SSSR count). The maximum absolute atomic E-state index is 5.28. The number of hydrogen-bond acceptors (Lipinski definition) is 2. The van der Waals surface area contributed by atoms with E-state index in [4.69, 9.17) is 4.98 Å². The van der Waals surface area contributed by atoms with E-state index in [0.29, 0.717) is 0 Å². The maximum atomic E-state index is 5.28. The predicted octanol–water partition coefficient (Wildman–Crippen LogP) is 15.0. The van der Waals surface area contributed by atoms with Gasteiger partial charge in [-0.1, -0.05) is 188 Å². The molecule has 2 aliphatic carbocycles. The van der Waals surface area contributed by atoms with Crippen molar-refractivity contribution in [1.29, 1.82) is 0 Å². The molecule has 2 heterocycles. The average Bonchev–Trinajstić information content (AvgIpc) is 3.93. The molecule has 0 radical (unpaired) electrons. The van der Waals surface area contributed by atoms with Crippen LogP contribution in [0.2, 0.25) is 0 Å². The van der Waals surface area contributed by atoms with E-state index >= 15 is 0 Å². The van der Waals surface area contributed by atoms with Gasteiger partial charge in [-0.25, -0.2) is 4.98 Å². The third-order valence-electron chi connectivity index (χ3n) is 12.3. The number of rotatable bonds is 5. The van der Waals surface area contributed by atoms with Crippen molar-refractivity contribution in [1.82, 2.24) is 4.98 Å². The molecule has 1 unspecified atom stereocenters. The lowest BCUT2D eigenvalue weighted by molar-refractivity contribution is 0.812. The van der Waals surface area contributed by atoms with Crippen LogP contribution in [0.5, 0.6) is 0 Å². The third kappa shape index (κ3) is 4.92. The van der Waals surface area contributed by atoms with E-state index in [0.717, 1.165) is 28.1 Å². The number of hydrogen-bond donors (Lipinski definition) is 0. The van der Waals surface area contributed by atoms with Gasteiger partial charge in [-0.3, -0.25) is 0 Å². The zero-order valence-electron chi connectivity index (χ0n) is 31.6. The molecule has 2 aliphatic rings. The Hall–Kier alpha value is -7.13. The molecule has 0 fully saturated rings. The summed E-state index contributed by atoms with van der Waals surface area (Å²) < 4.78 is 1.34. The van der Waals surface area contributed by atoms with Crippen LogP contribution in [-0.2, 0) is 5.41 Å². The summed E-state index contributed by atoms with van der Waals surface area (Å²) in [5.41, 5.74) is 20.4. The second kappa shape index (κ2) is 13.0. The highest BCUT2D eigenvalue weighted by Crippen LogP contribution is 2.66. The molecule has 8 aromatic carbocycles. The maximum Gasteiger partial charge on any atom is 0.0819 e. The van der Waals surface area contributed by atoms with Crippen LogP contribution in [-0.4, -0.2) is 4.98 Å². The first-order valence-electron chi connectivity index (χ1n) is 19.9. The first kappa shape index (κ1) is 33.1. The van der Waals surface area contributed by atoms with E-state index in [-0.39, 0.29) is 5.41 Å². The molecule has 58 heavy (non-hydrogen) atoms. The zero-order valence-corrected chi connectivity index (χ0v) is 32.4. The minimum Gasteiger partial charge on any atom is -0.248 e. The highest BCUT2D eigenvalue weighted by molar-refractivity contribution is 7.20. The summed E-state index contributed by atoms with van der Waals surface area (Å²) >= 11 is 1.96. The highest BCUT2D eigenvalue weighted by atomic mass is 32.1. The first-order chi connectivity index (χ1) is 28.7. The van der Waals surface area contributed by atoms with Crippen LogP contribution in [0.1, 0.15) is 21.6 Å². The van der Waals surface area contributed by atoms with E-state index < -0.39 is 0 Å². The molecule has 10 aromatic rings. The molecule has 1 nitrogen and oxygen atoms in total. The van der Waals surface area contributed by atoms with Gasteiger partial charge in [0.15, 0.2) is 0 Å². The first-order valence-corrected chi connectivity index (χ1v) is 20.8. The summed E-state index contributed by atoms with van der Waals surface area (Å²) in [6.45, 7) is 0. The van der Waals surface area contributed by atoms with Crippen molar-refractivity contribution in [2.45, 2.75) is 5.41 Å². The Kier molecular flexibility index (Phi) is 7.38. The summed E-state index contributed by atoms with van der Waals surface area (Å²) in [6.07, 6.45) is 0. The van der Waals surface area contributed by atoms with E-state index in [1.54, 1.807) is 0 Å². The van der Waals surface area contributed by atoms with Gasteiger partial charge in [0, 0.05) is 31.7 Å². The van der Waals surface area contributed by atoms with Crippen LogP contribution in [0.4, 0.5) is 0 Å². The Balaban J connectivity index is 0.968. The van der Waals surface area contributed by atoms with Gasteiger partial charge in [0.1, 0.15) is 0 Å². The summed E-state index contributed by atoms with van der Waals surface area (Å²) in [4.78, 5) is 6.72. The molecular weight excluding hydrogens is 719 g/mol. The monoisotopic (exact) mass is 753 g/mol. The Morgan fingerprint density at radius 3 is 1.47 bits per heavy atom. The lowest BCUT2D eigenvalue weighted by atomic mass is 9.73. The molecule has 0 saturated carbocycles. The van der Waals surface area contributed by atoms with Crippen LogP contribution in [0.25, 0.3) is 88.2 Å². The molecule has 2 heteroatoms. The van der Waals surface area contributed by atoms with Crippen molar-refractivity contribution in [2.75, 3.05) is 0 Å². The van der Waals surface area contributed by atoms with E-state index in [9.17, 15) is 0 Å². The summed E-state index contributed by atoms with van der Waals surface area (Å²) in [7, 11) is 0. The van der Waals surface area contributed by atoms with E-state index in [2.05, 4.69) is 212 Å². The van der Waals surface area contributed by atoms with Gasteiger partial charge >= 0.3 is 0 Å². The summed E-state index contributed by atoms with van der Waals surface area (Å²) in [6, 6.07) is 77.6. The van der Waals surface area contributed by atoms with Crippen molar-refractivity contribution < 1.29 is 0 Å². The minimum absolute atomic E-state index is 0.366. The number of benzene rings is 8. The second-order valence-corrected chi connectivity index (χ2v) is 16.5. The molecule has 1 spiro atoms. The lowest BCUT2D eigenvalue weighted by Gasteiger charge is -2.29. The minimum atomic E-state index is -0.366. The fourth-order valence-electron chi connectivity index (χ4n) is 9.64. The molecule has 2 aromatic heterocycles. The van der Waals surface area contributed by atoms with Gasteiger partial charge in [0.05, 0.1) is 16.8 Å². The fourth-order valence-corrected chi connectivity index (χ4v) is 11.1. The largest absolute Gasteiger partial charge is 0.248 e. The van der Waals surface area contributed by atoms with Crippen molar-refractivity contribution in [2.24, 2.45) is 0 Å². The number of thiophene rings is 1. The summed E-state index contributed by atoms with van der Waals surface area (Å²) in [5.74, 6) is 0. The Morgan fingerprint density at radius 2 is 0.793 bits per heavy atom. The third-order valence-corrected chi connectivity index (χ3v) is 13.6. The Morgan fingerprint density at radius 1 is 0.328 bits per heavy atom. The lowest BCUT2D eigenvalue weighted by Crippen LogP contribution is -2.24. The molecular formula is C56H35NS. The van der Waals surface area contributed by atoms with Crippen LogP contribution in [0, 0.1) is 0 Å². The van der Waals surface area contributed by atoms with Crippen molar-refractivity contribution in [3.63, 3.8) is 0 Å². The van der Waals surface area contributed by atoms with Crippen LogP contribution in [0.3, 0.4) is 0 Å². The van der Waals surface area contributed by atoms with E-state index in [1.165, 1.54) is 81.7 Å². The van der Waals surface area contributed by atoms with E-state index in [1.807, 2.05) is 11.3 Å². The Bertz CT molecular complexity index is 3200. The SMILES string of the molecule is c1ccc(-c2ccc(-c3cc(-c4ccccc4)cc(-c4ccc(-c5ccc6c(c5)C5(c7ccccc7-6)c6ccccc6-c6c5sc5ccccc65)cc4)n3)cc2)cc1. The van der Waals surface area contributed by atoms with Crippen LogP contribution >= 0.6 is 11.3 Å². The van der Waals surface area contributed by atoms with Gasteiger partial charge in [0.25, 0.3) is 0 Å². The average molecular weight is 754 g/mol. The molecule has 0 N–H and O–H groups in total. The quantitative estimate of drug-likeness (QED) is 0.171. The topological polar surface area (TPSA) is 12.9 Å². The molecule has 0 aliphatic heterocycles.